The third kappa shape index (κ3) is 5.26. The summed E-state index contributed by atoms with van der Waals surface area (Å²) in [5.41, 5.74) is 0. The van der Waals surface area contributed by atoms with Crippen molar-refractivity contribution in [2.45, 2.75) is 37.4 Å². The zero-order valence-electron chi connectivity index (χ0n) is 15.2. The lowest BCUT2D eigenvalue weighted by atomic mass is 9.98. The summed E-state index contributed by atoms with van der Waals surface area (Å²) in [7, 11) is -2.83. The van der Waals surface area contributed by atoms with Gasteiger partial charge in [0, 0.05) is 49.9 Å². The van der Waals surface area contributed by atoms with Gasteiger partial charge in [0.15, 0.2) is 15.8 Å². The molecule has 144 valence electrons. The molecule has 0 bridgehead atoms. The summed E-state index contributed by atoms with van der Waals surface area (Å²) in [5, 5.41) is 3.49. The highest BCUT2D eigenvalue weighted by Crippen LogP contribution is 2.39. The fourth-order valence-electron chi connectivity index (χ4n) is 3.81. The zero-order chi connectivity index (χ0) is 17.8. The molecule has 6 nitrogen and oxygen atoms in total. The van der Waals surface area contributed by atoms with Crippen LogP contribution in [0.5, 0.6) is 0 Å². The van der Waals surface area contributed by atoms with Gasteiger partial charge in [-0.25, -0.2) is 8.42 Å². The van der Waals surface area contributed by atoms with Crippen molar-refractivity contribution < 1.29 is 13.2 Å². The minimum Gasteiger partial charge on any atom is -0.381 e. The van der Waals surface area contributed by atoms with Crippen molar-refractivity contribution in [3.63, 3.8) is 0 Å². The Balaban J connectivity index is 1.65. The molecular weight excluding hydrogens is 358 g/mol. The predicted octanol–water partition coefficient (Wildman–Crippen LogP) is 1.37. The van der Waals surface area contributed by atoms with E-state index in [0.717, 1.165) is 70.2 Å². The molecule has 0 radical (unpaired) electrons. The number of nitrogens with zero attached hydrogens (tertiary/aromatic N) is 2. The quantitative estimate of drug-likeness (QED) is 0.578. The molecule has 0 aromatic rings. The molecule has 3 heterocycles. The second kappa shape index (κ2) is 8.48. The average Bonchev–Trinajstić information content (AvgIpc) is 2.95. The average molecular weight is 390 g/mol. The van der Waals surface area contributed by atoms with E-state index in [2.05, 4.69) is 28.9 Å². The van der Waals surface area contributed by atoms with Crippen LogP contribution in [-0.2, 0) is 14.6 Å². The molecule has 8 heteroatoms. The summed E-state index contributed by atoms with van der Waals surface area (Å²) in [6, 6.07) is 0. The molecule has 25 heavy (non-hydrogen) atoms. The maximum absolute atomic E-state index is 11.7. The Kier molecular flexibility index (Phi) is 6.55. The van der Waals surface area contributed by atoms with Crippen molar-refractivity contribution in [3.8, 4) is 0 Å². The van der Waals surface area contributed by atoms with Gasteiger partial charge in [-0.1, -0.05) is 6.92 Å². The lowest BCUT2D eigenvalue weighted by molar-refractivity contribution is 0.0699. The van der Waals surface area contributed by atoms with Crippen molar-refractivity contribution in [2.24, 2.45) is 10.9 Å². The van der Waals surface area contributed by atoms with Crippen LogP contribution in [0.1, 0.15) is 32.6 Å². The number of thioether (sulfide) groups is 1. The summed E-state index contributed by atoms with van der Waals surface area (Å²) in [5.74, 6) is 2.89. The number of guanidine groups is 1. The first-order chi connectivity index (χ1) is 12.0. The monoisotopic (exact) mass is 389 g/mol. The molecule has 1 N–H and O–H groups in total. The summed E-state index contributed by atoms with van der Waals surface area (Å²) >= 11 is 2.09. The Morgan fingerprint density at radius 3 is 2.88 bits per heavy atom. The van der Waals surface area contributed by atoms with Crippen LogP contribution in [0.25, 0.3) is 0 Å². The highest BCUT2D eigenvalue weighted by molar-refractivity contribution is 8.00. The Labute approximate surface area is 156 Å². The van der Waals surface area contributed by atoms with E-state index < -0.39 is 9.84 Å². The molecule has 0 aromatic heterocycles. The van der Waals surface area contributed by atoms with Crippen LogP contribution >= 0.6 is 11.8 Å². The van der Waals surface area contributed by atoms with Gasteiger partial charge in [-0.3, -0.25) is 4.99 Å². The third-order valence-corrected chi connectivity index (χ3v) is 8.68. The first-order valence-corrected chi connectivity index (χ1v) is 12.3. The Bertz CT molecular complexity index is 568. The number of hydrogen-bond acceptors (Lipinski definition) is 5. The molecule has 0 aromatic carbocycles. The van der Waals surface area contributed by atoms with Crippen LogP contribution in [0.4, 0.5) is 0 Å². The number of ether oxygens (including phenoxy) is 1. The number of nitrogens with one attached hydrogen (secondary N) is 1. The van der Waals surface area contributed by atoms with Gasteiger partial charge in [-0.2, -0.15) is 11.8 Å². The lowest BCUT2D eigenvalue weighted by Gasteiger charge is -2.45. The molecule has 3 aliphatic heterocycles. The van der Waals surface area contributed by atoms with Crippen molar-refractivity contribution in [3.05, 3.63) is 0 Å². The van der Waals surface area contributed by atoms with Crippen molar-refractivity contribution >= 4 is 27.6 Å². The molecule has 0 saturated carbocycles. The van der Waals surface area contributed by atoms with Crippen LogP contribution in [0.15, 0.2) is 4.99 Å². The minimum atomic E-state index is -2.83. The van der Waals surface area contributed by atoms with Gasteiger partial charge in [-0.15, -0.1) is 0 Å². The maximum atomic E-state index is 11.7. The summed E-state index contributed by atoms with van der Waals surface area (Å²) in [6.07, 6.45) is 4.02. The minimum absolute atomic E-state index is 0.180. The first kappa shape index (κ1) is 19.3. The fraction of sp³-hybridized carbons (Fsp3) is 0.941. The van der Waals surface area contributed by atoms with Gasteiger partial charge in [0.05, 0.1) is 11.5 Å². The van der Waals surface area contributed by atoms with Crippen molar-refractivity contribution in [1.29, 1.82) is 0 Å². The Hall–Kier alpha value is -0.470. The highest BCUT2D eigenvalue weighted by Gasteiger charge is 2.38. The van der Waals surface area contributed by atoms with Crippen LogP contribution in [0.3, 0.4) is 0 Å². The van der Waals surface area contributed by atoms with E-state index >= 15 is 0 Å². The molecule has 0 amide bonds. The molecule has 3 aliphatic rings. The van der Waals surface area contributed by atoms with Gasteiger partial charge in [0.1, 0.15) is 0 Å². The van der Waals surface area contributed by atoms with Crippen LogP contribution in [-0.4, -0.2) is 80.7 Å². The number of hydrogen-bond donors (Lipinski definition) is 1. The maximum Gasteiger partial charge on any atom is 0.194 e. The van der Waals surface area contributed by atoms with E-state index in [0.29, 0.717) is 22.8 Å². The molecule has 3 saturated heterocycles. The van der Waals surface area contributed by atoms with Gasteiger partial charge < -0.3 is 15.0 Å². The Morgan fingerprint density at radius 1 is 1.40 bits per heavy atom. The number of rotatable bonds is 4. The van der Waals surface area contributed by atoms with Gasteiger partial charge >= 0.3 is 0 Å². The molecule has 3 rings (SSSR count). The SMILES string of the molecule is CCCNC(=NCC1CCS(=O)(=O)C1)N1CCSC2(CCOCC2)C1. The number of aliphatic imine (C=N–C) groups is 1. The molecule has 1 atom stereocenters. The molecular formula is C17H31N3O3S2. The van der Waals surface area contributed by atoms with E-state index in [9.17, 15) is 8.42 Å². The number of sulfone groups is 1. The standard InChI is InChI=1S/C17H31N3O3S2/c1-2-6-18-16(19-12-15-3-11-25(21,22)13-15)20-7-10-24-17(14-20)4-8-23-9-5-17/h15H,2-14H2,1H3,(H,18,19). The zero-order valence-corrected chi connectivity index (χ0v) is 16.8. The van der Waals surface area contributed by atoms with Crippen molar-refractivity contribution in [2.75, 3.05) is 56.7 Å². The second-order valence-corrected chi connectivity index (χ2v) is 11.2. The third-order valence-electron chi connectivity index (χ3n) is 5.31. The fourth-order valence-corrected chi connectivity index (χ4v) is 7.10. The predicted molar refractivity (Wildman–Crippen MR) is 104 cm³/mol. The van der Waals surface area contributed by atoms with Gasteiger partial charge in [0.25, 0.3) is 0 Å². The molecule has 1 unspecified atom stereocenters. The second-order valence-electron chi connectivity index (χ2n) is 7.43. The van der Waals surface area contributed by atoms with Crippen LogP contribution in [0.2, 0.25) is 0 Å². The van der Waals surface area contributed by atoms with E-state index in [4.69, 9.17) is 9.73 Å². The molecule has 1 spiro atoms. The first-order valence-electron chi connectivity index (χ1n) is 9.47. The van der Waals surface area contributed by atoms with E-state index in [1.807, 2.05) is 0 Å². The Morgan fingerprint density at radius 2 is 2.20 bits per heavy atom. The van der Waals surface area contributed by atoms with Crippen molar-refractivity contribution in [1.82, 2.24) is 10.2 Å². The van der Waals surface area contributed by atoms with Gasteiger partial charge in [-0.05, 0) is 31.6 Å². The highest BCUT2D eigenvalue weighted by atomic mass is 32.2. The largest absolute Gasteiger partial charge is 0.381 e. The smallest absolute Gasteiger partial charge is 0.194 e. The van der Waals surface area contributed by atoms with Crippen LogP contribution < -0.4 is 5.32 Å². The molecule has 3 fully saturated rings. The van der Waals surface area contributed by atoms with Crippen LogP contribution in [0, 0.1) is 5.92 Å². The van der Waals surface area contributed by atoms with E-state index in [1.54, 1.807) is 0 Å². The van der Waals surface area contributed by atoms with E-state index in [1.165, 1.54) is 0 Å². The van der Waals surface area contributed by atoms with E-state index in [-0.39, 0.29) is 5.92 Å². The summed E-state index contributed by atoms with van der Waals surface area (Å²) < 4.78 is 29.2. The topological polar surface area (TPSA) is 71.0 Å². The molecule has 0 aliphatic carbocycles. The summed E-state index contributed by atoms with van der Waals surface area (Å²) in [6.45, 7) is 7.41. The van der Waals surface area contributed by atoms with Gasteiger partial charge in [0.2, 0.25) is 0 Å². The summed E-state index contributed by atoms with van der Waals surface area (Å²) in [4.78, 5) is 7.23. The normalized spacial score (nSPS) is 29.1. The lowest BCUT2D eigenvalue weighted by Crippen LogP contribution is -2.54.